The van der Waals surface area contributed by atoms with Gasteiger partial charge in [0.25, 0.3) is 5.91 Å². The summed E-state index contributed by atoms with van der Waals surface area (Å²) >= 11 is 0. The average molecular weight is 424 g/mol. The van der Waals surface area contributed by atoms with Crippen LogP contribution in [0.25, 0.3) is 17.1 Å². The second kappa shape index (κ2) is 8.11. The van der Waals surface area contributed by atoms with Crippen molar-refractivity contribution in [2.24, 2.45) is 22.7 Å². The summed E-state index contributed by atoms with van der Waals surface area (Å²) in [6.07, 6.45) is 8.88. The molecule has 1 amide bonds. The number of aliphatic hydroxyl groups excluding tert-OH is 1. The van der Waals surface area contributed by atoms with Crippen LogP contribution in [0.2, 0.25) is 0 Å². The number of amides is 1. The Kier molecular flexibility index (Phi) is 5.98. The van der Waals surface area contributed by atoms with Crippen LogP contribution in [0, 0.1) is 17.8 Å². The topological polar surface area (TPSA) is 102 Å². The zero-order valence-corrected chi connectivity index (χ0v) is 16.7. The lowest BCUT2D eigenvalue weighted by atomic mass is 9.85. The van der Waals surface area contributed by atoms with Crippen molar-refractivity contribution in [3.63, 3.8) is 0 Å². The quantitative estimate of drug-likeness (QED) is 0.568. The first-order chi connectivity index (χ1) is 12.7. The summed E-state index contributed by atoms with van der Waals surface area (Å²) in [5, 5.41) is 16.9. The molecule has 9 heteroatoms. The summed E-state index contributed by atoms with van der Waals surface area (Å²) in [4.78, 5) is 24.1. The van der Waals surface area contributed by atoms with E-state index < -0.39 is 0 Å². The summed E-state index contributed by atoms with van der Waals surface area (Å²) in [7, 11) is 0. The Balaban J connectivity index is 0.00000112. The van der Waals surface area contributed by atoms with E-state index in [4.69, 9.17) is 0 Å². The number of halogens is 2. The van der Waals surface area contributed by atoms with E-state index in [0.29, 0.717) is 23.5 Å². The first kappa shape index (κ1) is 20.6. The van der Waals surface area contributed by atoms with Gasteiger partial charge in [0.15, 0.2) is 0 Å². The summed E-state index contributed by atoms with van der Waals surface area (Å²) in [5.74, 6) is 1.68. The van der Waals surface area contributed by atoms with Gasteiger partial charge < -0.3 is 15.4 Å². The van der Waals surface area contributed by atoms with Crippen LogP contribution in [0.4, 0.5) is 0 Å². The van der Waals surface area contributed by atoms with Crippen LogP contribution in [-0.2, 0) is 4.79 Å². The number of guanidine groups is 1. The Bertz CT molecular complexity index is 941. The van der Waals surface area contributed by atoms with E-state index in [2.05, 4.69) is 25.6 Å². The molecular weight excluding hydrogens is 401 g/mol. The number of aromatic amines is 1. The first-order valence-electron chi connectivity index (χ1n) is 9.14. The van der Waals surface area contributed by atoms with Gasteiger partial charge in [-0.2, -0.15) is 0 Å². The molecule has 3 aliphatic rings. The molecular formula is C19H23Cl2N5O2. The molecule has 2 fully saturated rings. The van der Waals surface area contributed by atoms with Gasteiger partial charge in [-0.25, -0.2) is 9.98 Å². The molecule has 1 aliphatic heterocycles. The van der Waals surface area contributed by atoms with Crippen LogP contribution in [0.15, 0.2) is 35.2 Å². The normalized spacial score (nSPS) is 29.4. The van der Waals surface area contributed by atoms with Gasteiger partial charge in [0, 0.05) is 41.9 Å². The maximum Gasteiger partial charge on any atom is 0.276 e. The monoisotopic (exact) mass is 423 g/mol. The largest absolute Gasteiger partial charge is 0.396 e. The van der Waals surface area contributed by atoms with Crippen LogP contribution in [0.3, 0.4) is 0 Å². The molecule has 150 valence electrons. The van der Waals surface area contributed by atoms with Crippen molar-refractivity contribution in [3.8, 4) is 0 Å². The highest BCUT2D eigenvalue weighted by Crippen LogP contribution is 2.48. The van der Waals surface area contributed by atoms with E-state index in [1.165, 1.54) is 12.8 Å². The zero-order chi connectivity index (χ0) is 17.7. The lowest BCUT2D eigenvalue weighted by Crippen LogP contribution is -2.49. The van der Waals surface area contributed by atoms with E-state index in [-0.39, 0.29) is 49.3 Å². The van der Waals surface area contributed by atoms with Gasteiger partial charge in [-0.05, 0) is 49.3 Å². The Hall–Kier alpha value is -2.09. The molecule has 0 spiro atoms. The molecule has 4 N–H and O–H groups in total. The van der Waals surface area contributed by atoms with Gasteiger partial charge >= 0.3 is 0 Å². The van der Waals surface area contributed by atoms with Crippen LogP contribution in [0.1, 0.15) is 24.8 Å². The van der Waals surface area contributed by atoms with E-state index in [1.807, 2.05) is 18.3 Å². The van der Waals surface area contributed by atoms with Gasteiger partial charge in [0.2, 0.25) is 5.96 Å². The van der Waals surface area contributed by atoms with Gasteiger partial charge in [-0.1, -0.05) is 0 Å². The third kappa shape index (κ3) is 3.38. The molecule has 7 nitrogen and oxygen atoms in total. The number of aromatic nitrogens is 2. The maximum absolute atomic E-state index is 12.3. The standard InChI is InChI=1S/C19H21N5O2.2ClH/c25-9-14-10-3-4-11(6-10)16(14)23-19-22-15(18(26)24-19)7-12-8-21-17-13(12)2-1-5-20-17;;/h1-2,5,7-8,10-11,14,16,25H,3-4,6,9H2,(H,20,21)(H2,22,23,24,26);2*1H/t10-,11+,14-,16+;;/m1../s1. The number of aliphatic hydroxyl groups is 1. The molecule has 3 heterocycles. The molecule has 4 atom stereocenters. The number of hydrogen-bond acceptors (Lipinski definition) is 5. The summed E-state index contributed by atoms with van der Waals surface area (Å²) in [6.45, 7) is 0.186. The molecule has 28 heavy (non-hydrogen) atoms. The van der Waals surface area contributed by atoms with E-state index in [0.717, 1.165) is 23.0 Å². The lowest BCUT2D eigenvalue weighted by molar-refractivity contribution is -0.115. The molecule has 5 rings (SSSR count). The van der Waals surface area contributed by atoms with Crippen LogP contribution < -0.4 is 10.6 Å². The van der Waals surface area contributed by atoms with Crippen molar-refractivity contribution in [1.82, 2.24) is 20.6 Å². The van der Waals surface area contributed by atoms with E-state index in [9.17, 15) is 9.90 Å². The highest BCUT2D eigenvalue weighted by Gasteiger charge is 2.47. The summed E-state index contributed by atoms with van der Waals surface area (Å²) in [6, 6.07) is 4.02. The molecule has 0 radical (unpaired) electrons. The van der Waals surface area contributed by atoms with Crippen molar-refractivity contribution in [3.05, 3.63) is 35.8 Å². The molecule has 2 bridgehead atoms. The number of fused-ring (bicyclic) bond motifs is 3. The number of nitrogens with one attached hydrogen (secondary N) is 3. The Morgan fingerprint density at radius 2 is 2.11 bits per heavy atom. The number of nitrogens with zero attached hydrogens (tertiary/aromatic N) is 2. The minimum absolute atomic E-state index is 0. The van der Waals surface area contributed by atoms with Gasteiger partial charge in [0.05, 0.1) is 0 Å². The highest BCUT2D eigenvalue weighted by atomic mass is 35.5. The number of aliphatic imine (C=N–C) groups is 1. The summed E-state index contributed by atoms with van der Waals surface area (Å²) in [5.41, 5.74) is 2.05. The number of carbonyl (C=O) groups is 1. The number of hydrogen-bond donors (Lipinski definition) is 4. The fourth-order valence-electron chi connectivity index (χ4n) is 4.84. The molecule has 2 aromatic heterocycles. The third-order valence-electron chi connectivity index (χ3n) is 6.07. The van der Waals surface area contributed by atoms with Crippen molar-refractivity contribution < 1.29 is 9.90 Å². The van der Waals surface area contributed by atoms with Crippen molar-refractivity contribution >= 4 is 53.8 Å². The Morgan fingerprint density at radius 1 is 1.29 bits per heavy atom. The van der Waals surface area contributed by atoms with Crippen molar-refractivity contribution in [2.75, 3.05) is 6.61 Å². The average Bonchev–Trinajstić information content (AvgIpc) is 3.41. The molecule has 2 saturated carbocycles. The Morgan fingerprint density at radius 3 is 2.93 bits per heavy atom. The SMILES string of the molecule is Cl.Cl.O=C1NC(N[C@H]2[C@H]3CC[C@H](C3)[C@H]2CO)=NC1=Cc1c[nH]c2ncccc12. The van der Waals surface area contributed by atoms with Gasteiger partial charge in [-0.15, -0.1) is 24.8 Å². The van der Waals surface area contributed by atoms with Crippen molar-refractivity contribution in [2.45, 2.75) is 25.3 Å². The molecule has 0 aromatic carbocycles. The number of carbonyl (C=O) groups excluding carboxylic acids is 1. The third-order valence-corrected chi connectivity index (χ3v) is 6.07. The number of pyridine rings is 1. The van der Waals surface area contributed by atoms with Gasteiger partial charge in [-0.3, -0.25) is 10.1 Å². The van der Waals surface area contributed by atoms with Crippen molar-refractivity contribution in [1.29, 1.82) is 0 Å². The predicted octanol–water partition coefficient (Wildman–Crippen LogP) is 2.23. The zero-order valence-electron chi connectivity index (χ0n) is 15.1. The Labute approximate surface area is 174 Å². The van der Waals surface area contributed by atoms with Crippen LogP contribution in [-0.4, -0.2) is 39.6 Å². The molecule has 0 unspecified atom stereocenters. The summed E-state index contributed by atoms with van der Waals surface area (Å²) < 4.78 is 0. The van der Waals surface area contributed by atoms with E-state index >= 15 is 0 Å². The fourth-order valence-corrected chi connectivity index (χ4v) is 4.84. The highest BCUT2D eigenvalue weighted by molar-refractivity contribution is 6.14. The fraction of sp³-hybridized carbons (Fsp3) is 0.421. The van der Waals surface area contributed by atoms with Gasteiger partial charge in [0.1, 0.15) is 11.3 Å². The van der Waals surface area contributed by atoms with Crippen LogP contribution >= 0.6 is 24.8 Å². The second-order valence-electron chi connectivity index (χ2n) is 7.44. The second-order valence-corrected chi connectivity index (χ2v) is 7.44. The number of rotatable bonds is 3. The number of H-pyrrole nitrogens is 1. The van der Waals surface area contributed by atoms with Crippen LogP contribution in [0.5, 0.6) is 0 Å². The lowest BCUT2D eigenvalue weighted by Gasteiger charge is -2.30. The minimum atomic E-state index is -0.213. The molecule has 2 aliphatic carbocycles. The maximum atomic E-state index is 12.3. The minimum Gasteiger partial charge on any atom is -0.396 e. The smallest absolute Gasteiger partial charge is 0.276 e. The first-order valence-corrected chi connectivity index (χ1v) is 9.14. The predicted molar refractivity (Wildman–Crippen MR) is 112 cm³/mol. The van der Waals surface area contributed by atoms with E-state index in [1.54, 1.807) is 12.3 Å². The molecule has 0 saturated heterocycles. The molecule has 2 aromatic rings.